The summed E-state index contributed by atoms with van der Waals surface area (Å²) in [5.74, 6) is 0.652. The molecule has 1 aromatic heterocycles. The van der Waals surface area contributed by atoms with E-state index >= 15 is 0 Å². The Hall–Kier alpha value is -0.550. The van der Waals surface area contributed by atoms with Crippen LogP contribution in [0.15, 0.2) is 4.47 Å². The number of rotatable bonds is 3. The molecule has 0 saturated carbocycles. The highest BCUT2D eigenvalue weighted by molar-refractivity contribution is 9.10. The first kappa shape index (κ1) is 11.5. The minimum atomic E-state index is 0.0866. The number of ether oxygens (including phenoxy) is 1. The maximum Gasteiger partial charge on any atom is 0.136 e. The van der Waals surface area contributed by atoms with Crippen molar-refractivity contribution in [2.75, 3.05) is 12.8 Å². The second-order valence-electron chi connectivity index (χ2n) is 3.41. The van der Waals surface area contributed by atoms with Crippen molar-refractivity contribution in [3.05, 3.63) is 10.2 Å². The molecule has 2 unspecified atom stereocenters. The summed E-state index contributed by atoms with van der Waals surface area (Å²) in [6.45, 7) is 5.94. The molecule has 0 spiro atoms. The summed E-state index contributed by atoms with van der Waals surface area (Å²) in [6.07, 6.45) is 0.0866. The average Bonchev–Trinajstić information content (AvgIpc) is 2.43. The van der Waals surface area contributed by atoms with Crippen LogP contribution in [0.25, 0.3) is 0 Å². The van der Waals surface area contributed by atoms with Crippen LogP contribution in [0.5, 0.6) is 0 Å². The Bertz CT molecular complexity index is 324. The van der Waals surface area contributed by atoms with Gasteiger partial charge in [-0.2, -0.15) is 5.10 Å². The molecular weight excluding hydrogens is 246 g/mol. The predicted octanol–water partition coefficient (Wildman–Crippen LogP) is 2.13. The third-order valence-corrected chi connectivity index (χ3v) is 3.46. The Labute approximate surface area is 92.5 Å². The lowest BCUT2D eigenvalue weighted by Crippen LogP contribution is -2.22. The highest BCUT2D eigenvalue weighted by atomic mass is 79.9. The molecule has 80 valence electrons. The number of hydrogen-bond acceptors (Lipinski definition) is 3. The molecule has 0 aliphatic carbocycles. The van der Waals surface area contributed by atoms with Crippen LogP contribution in [0.2, 0.25) is 0 Å². The number of aromatic nitrogens is 2. The van der Waals surface area contributed by atoms with Gasteiger partial charge >= 0.3 is 0 Å². The van der Waals surface area contributed by atoms with Gasteiger partial charge in [0.1, 0.15) is 5.82 Å². The lowest BCUT2D eigenvalue weighted by Gasteiger charge is -2.19. The van der Waals surface area contributed by atoms with Crippen LogP contribution in [0.1, 0.15) is 25.6 Å². The lowest BCUT2D eigenvalue weighted by molar-refractivity contribution is 0.0740. The molecule has 0 fully saturated rings. The van der Waals surface area contributed by atoms with Crippen molar-refractivity contribution in [1.29, 1.82) is 0 Å². The molecule has 0 radical (unpaired) electrons. The van der Waals surface area contributed by atoms with Gasteiger partial charge in [0.25, 0.3) is 0 Å². The van der Waals surface area contributed by atoms with E-state index in [2.05, 4.69) is 21.0 Å². The van der Waals surface area contributed by atoms with Crippen LogP contribution < -0.4 is 5.73 Å². The van der Waals surface area contributed by atoms with Gasteiger partial charge in [0.05, 0.1) is 22.3 Å². The third-order valence-electron chi connectivity index (χ3n) is 2.48. The first-order valence-electron chi connectivity index (χ1n) is 4.52. The van der Waals surface area contributed by atoms with Gasteiger partial charge in [-0.25, -0.2) is 4.68 Å². The van der Waals surface area contributed by atoms with E-state index in [4.69, 9.17) is 10.5 Å². The largest absolute Gasteiger partial charge is 0.383 e. The van der Waals surface area contributed by atoms with Gasteiger partial charge in [0.2, 0.25) is 0 Å². The molecule has 0 bridgehead atoms. The van der Waals surface area contributed by atoms with Crippen LogP contribution >= 0.6 is 15.9 Å². The van der Waals surface area contributed by atoms with Gasteiger partial charge in [0.15, 0.2) is 0 Å². The fourth-order valence-corrected chi connectivity index (χ4v) is 1.51. The molecule has 5 heteroatoms. The topological polar surface area (TPSA) is 53.1 Å². The SMILES string of the molecule is COC(C)C(C)n1nc(C)c(Br)c1N. The van der Waals surface area contributed by atoms with Crippen molar-refractivity contribution >= 4 is 21.7 Å². The fourth-order valence-electron chi connectivity index (χ4n) is 1.25. The van der Waals surface area contributed by atoms with Crippen LogP contribution in [-0.2, 0) is 4.74 Å². The second-order valence-corrected chi connectivity index (χ2v) is 4.20. The minimum Gasteiger partial charge on any atom is -0.383 e. The molecule has 1 rings (SSSR count). The van der Waals surface area contributed by atoms with Gasteiger partial charge in [-0.3, -0.25) is 0 Å². The standard InChI is InChI=1S/C9H16BrN3O/c1-5-8(10)9(11)13(12-5)6(2)7(3)14-4/h6-7H,11H2,1-4H3. The van der Waals surface area contributed by atoms with Crippen molar-refractivity contribution in [2.24, 2.45) is 0 Å². The number of hydrogen-bond donors (Lipinski definition) is 1. The molecule has 0 aromatic carbocycles. The van der Waals surface area contributed by atoms with E-state index in [1.54, 1.807) is 11.8 Å². The Morgan fingerprint density at radius 1 is 1.50 bits per heavy atom. The summed E-state index contributed by atoms with van der Waals surface area (Å²) < 4.78 is 7.89. The second kappa shape index (κ2) is 4.31. The molecule has 1 heterocycles. The predicted molar refractivity (Wildman–Crippen MR) is 60.3 cm³/mol. The van der Waals surface area contributed by atoms with Crippen molar-refractivity contribution < 1.29 is 4.74 Å². The molecule has 1 aromatic rings. The molecule has 0 aliphatic rings. The Morgan fingerprint density at radius 3 is 2.43 bits per heavy atom. The van der Waals surface area contributed by atoms with E-state index in [0.717, 1.165) is 10.2 Å². The summed E-state index contributed by atoms with van der Waals surface area (Å²) in [5, 5.41) is 4.34. The quantitative estimate of drug-likeness (QED) is 0.907. The zero-order valence-electron chi connectivity index (χ0n) is 8.91. The van der Waals surface area contributed by atoms with Crippen molar-refractivity contribution in [1.82, 2.24) is 9.78 Å². The molecule has 4 nitrogen and oxygen atoms in total. The fraction of sp³-hybridized carbons (Fsp3) is 0.667. The summed E-state index contributed by atoms with van der Waals surface area (Å²) in [6, 6.07) is 0.130. The van der Waals surface area contributed by atoms with Gasteiger partial charge in [-0.1, -0.05) is 0 Å². The smallest absolute Gasteiger partial charge is 0.136 e. The highest BCUT2D eigenvalue weighted by Gasteiger charge is 2.19. The van der Waals surface area contributed by atoms with E-state index in [1.165, 1.54) is 0 Å². The summed E-state index contributed by atoms with van der Waals surface area (Å²) in [5.41, 5.74) is 6.80. The van der Waals surface area contributed by atoms with Crippen molar-refractivity contribution in [3.8, 4) is 0 Å². The summed E-state index contributed by atoms with van der Waals surface area (Å²) in [7, 11) is 1.68. The van der Waals surface area contributed by atoms with Crippen LogP contribution in [0, 0.1) is 6.92 Å². The number of anilines is 1. The monoisotopic (exact) mass is 261 g/mol. The third kappa shape index (κ3) is 1.93. The normalized spacial score (nSPS) is 15.5. The molecule has 0 saturated heterocycles. The van der Waals surface area contributed by atoms with Gasteiger partial charge in [-0.15, -0.1) is 0 Å². The van der Waals surface area contributed by atoms with Crippen LogP contribution in [0.3, 0.4) is 0 Å². The molecular formula is C9H16BrN3O. The van der Waals surface area contributed by atoms with Crippen molar-refractivity contribution in [2.45, 2.75) is 32.9 Å². The zero-order valence-corrected chi connectivity index (χ0v) is 10.5. The lowest BCUT2D eigenvalue weighted by atomic mass is 10.2. The molecule has 0 amide bonds. The van der Waals surface area contributed by atoms with Gasteiger partial charge < -0.3 is 10.5 Å². The van der Waals surface area contributed by atoms with Crippen LogP contribution in [-0.4, -0.2) is 23.0 Å². The number of methoxy groups -OCH3 is 1. The molecule has 14 heavy (non-hydrogen) atoms. The van der Waals surface area contributed by atoms with Gasteiger partial charge in [0, 0.05) is 7.11 Å². The average molecular weight is 262 g/mol. The Balaban J connectivity index is 3.01. The summed E-state index contributed by atoms with van der Waals surface area (Å²) >= 11 is 3.39. The maximum atomic E-state index is 5.89. The zero-order chi connectivity index (χ0) is 10.9. The van der Waals surface area contributed by atoms with E-state index in [0.29, 0.717) is 5.82 Å². The number of halogens is 1. The van der Waals surface area contributed by atoms with Gasteiger partial charge in [-0.05, 0) is 36.7 Å². The minimum absolute atomic E-state index is 0.0866. The Morgan fingerprint density at radius 2 is 2.07 bits per heavy atom. The first-order valence-corrected chi connectivity index (χ1v) is 5.31. The van der Waals surface area contributed by atoms with Crippen LogP contribution in [0.4, 0.5) is 5.82 Å². The maximum absolute atomic E-state index is 5.89. The number of nitrogens with zero attached hydrogens (tertiary/aromatic N) is 2. The summed E-state index contributed by atoms with van der Waals surface area (Å²) in [4.78, 5) is 0. The molecule has 2 N–H and O–H groups in total. The van der Waals surface area contributed by atoms with E-state index in [-0.39, 0.29) is 12.1 Å². The molecule has 2 atom stereocenters. The Kier molecular flexibility index (Phi) is 3.55. The number of nitrogen functional groups attached to an aromatic ring is 1. The van der Waals surface area contributed by atoms with E-state index in [1.807, 2.05) is 20.8 Å². The molecule has 0 aliphatic heterocycles. The van der Waals surface area contributed by atoms with Crippen molar-refractivity contribution in [3.63, 3.8) is 0 Å². The number of aryl methyl sites for hydroxylation is 1. The van der Waals surface area contributed by atoms with E-state index in [9.17, 15) is 0 Å². The number of nitrogens with two attached hydrogens (primary N) is 1. The first-order chi connectivity index (χ1) is 6.49. The highest BCUT2D eigenvalue weighted by Crippen LogP contribution is 2.27. The van der Waals surface area contributed by atoms with E-state index < -0.39 is 0 Å².